The van der Waals surface area contributed by atoms with Gasteiger partial charge in [0.05, 0.1) is 6.54 Å². The Morgan fingerprint density at radius 1 is 1.04 bits per heavy atom. The number of amides is 1. The van der Waals surface area contributed by atoms with Crippen LogP contribution < -0.4 is 9.80 Å². The number of anilines is 2. The zero-order chi connectivity index (χ0) is 18.8. The van der Waals surface area contributed by atoms with Crippen LogP contribution in [0.5, 0.6) is 0 Å². The van der Waals surface area contributed by atoms with Crippen LogP contribution in [0.4, 0.5) is 15.8 Å². The van der Waals surface area contributed by atoms with Crippen molar-refractivity contribution in [1.82, 2.24) is 4.90 Å². The minimum atomic E-state index is -0.209. The van der Waals surface area contributed by atoms with Crippen molar-refractivity contribution in [1.29, 1.82) is 0 Å². The number of hydrogen-bond acceptors (Lipinski definition) is 3. The highest BCUT2D eigenvalue weighted by atomic mass is 19.1. The normalized spacial score (nSPS) is 20.4. The fourth-order valence-electron chi connectivity index (χ4n) is 4.15. The Balaban J connectivity index is 1.38. The first-order chi connectivity index (χ1) is 13.1. The Hall–Kier alpha value is -2.40. The molecule has 0 saturated carbocycles. The molecule has 2 aromatic rings. The van der Waals surface area contributed by atoms with E-state index in [2.05, 4.69) is 28.9 Å². The number of rotatable bonds is 3. The minimum absolute atomic E-state index is 0.185. The van der Waals surface area contributed by atoms with E-state index in [0.29, 0.717) is 6.54 Å². The van der Waals surface area contributed by atoms with Crippen molar-refractivity contribution in [2.75, 3.05) is 42.5 Å². The molecular formula is C22H26FN3O. The summed E-state index contributed by atoms with van der Waals surface area (Å²) in [6.07, 6.45) is 2.05. The summed E-state index contributed by atoms with van der Waals surface area (Å²) in [5.74, 6) is -0.0243. The van der Waals surface area contributed by atoms with Crippen molar-refractivity contribution in [2.45, 2.75) is 25.8 Å². The maximum atomic E-state index is 13.1. The number of para-hydroxylation sites is 1. The van der Waals surface area contributed by atoms with E-state index in [1.54, 1.807) is 0 Å². The standard InChI is InChI=1S/C22H26FN3O/c1-17-6-7-18-4-2-3-5-21(18)26(17)22(27)16-24-12-14-25(15-13-24)20-10-8-19(23)9-11-20/h2-5,8-11,17H,6-7,12-16H2,1H3. The second-order valence-corrected chi connectivity index (χ2v) is 7.52. The van der Waals surface area contributed by atoms with Gasteiger partial charge >= 0.3 is 0 Å². The van der Waals surface area contributed by atoms with Crippen molar-refractivity contribution >= 4 is 17.3 Å². The van der Waals surface area contributed by atoms with Gasteiger partial charge in [-0.15, -0.1) is 0 Å². The first kappa shape index (κ1) is 18.0. The summed E-state index contributed by atoms with van der Waals surface area (Å²) in [7, 11) is 0. The van der Waals surface area contributed by atoms with E-state index in [0.717, 1.165) is 50.4 Å². The Morgan fingerprint density at radius 3 is 2.48 bits per heavy atom. The van der Waals surface area contributed by atoms with Crippen LogP contribution in [0.1, 0.15) is 18.9 Å². The predicted molar refractivity (Wildman–Crippen MR) is 107 cm³/mol. The zero-order valence-corrected chi connectivity index (χ0v) is 15.8. The molecule has 2 aliphatic rings. The minimum Gasteiger partial charge on any atom is -0.369 e. The number of hydrogen-bond donors (Lipinski definition) is 0. The molecule has 1 amide bonds. The summed E-state index contributed by atoms with van der Waals surface area (Å²) >= 11 is 0. The van der Waals surface area contributed by atoms with Crippen molar-refractivity contribution in [2.24, 2.45) is 0 Å². The number of piperazine rings is 1. The maximum absolute atomic E-state index is 13.1. The number of carbonyl (C=O) groups excluding carboxylic acids is 1. The molecule has 0 spiro atoms. The summed E-state index contributed by atoms with van der Waals surface area (Å²) in [6, 6.07) is 15.1. The molecule has 1 atom stereocenters. The second kappa shape index (κ2) is 7.69. The van der Waals surface area contributed by atoms with Crippen molar-refractivity contribution in [3.05, 3.63) is 59.9 Å². The first-order valence-electron chi connectivity index (χ1n) is 9.74. The molecule has 27 heavy (non-hydrogen) atoms. The van der Waals surface area contributed by atoms with Gasteiger partial charge in [0.15, 0.2) is 0 Å². The Kier molecular flexibility index (Phi) is 5.12. The van der Waals surface area contributed by atoms with Crippen LogP contribution in [-0.2, 0) is 11.2 Å². The van der Waals surface area contributed by atoms with E-state index < -0.39 is 0 Å². The highest BCUT2D eigenvalue weighted by Gasteiger charge is 2.29. The number of fused-ring (bicyclic) bond motifs is 1. The van der Waals surface area contributed by atoms with Crippen LogP contribution in [0.25, 0.3) is 0 Å². The largest absolute Gasteiger partial charge is 0.369 e. The summed E-state index contributed by atoms with van der Waals surface area (Å²) in [6.45, 7) is 5.98. The highest BCUT2D eigenvalue weighted by molar-refractivity contribution is 5.96. The molecule has 142 valence electrons. The highest BCUT2D eigenvalue weighted by Crippen LogP contribution is 2.30. The van der Waals surface area contributed by atoms with Gasteiger partial charge < -0.3 is 9.80 Å². The monoisotopic (exact) mass is 367 g/mol. The van der Waals surface area contributed by atoms with Crippen LogP contribution in [-0.4, -0.2) is 49.6 Å². The molecule has 1 unspecified atom stereocenters. The van der Waals surface area contributed by atoms with Crippen LogP contribution in [0.15, 0.2) is 48.5 Å². The van der Waals surface area contributed by atoms with E-state index >= 15 is 0 Å². The van der Waals surface area contributed by atoms with Crippen LogP contribution in [0.2, 0.25) is 0 Å². The number of halogens is 1. The van der Waals surface area contributed by atoms with Crippen molar-refractivity contribution in [3.8, 4) is 0 Å². The molecule has 0 N–H and O–H groups in total. The number of carbonyl (C=O) groups is 1. The van der Waals surface area contributed by atoms with Gasteiger partial charge in [-0.05, 0) is 55.7 Å². The number of aryl methyl sites for hydroxylation is 1. The molecule has 0 bridgehead atoms. The van der Waals surface area contributed by atoms with Gasteiger partial charge in [-0.1, -0.05) is 18.2 Å². The number of nitrogens with zero attached hydrogens (tertiary/aromatic N) is 3. The van der Waals surface area contributed by atoms with Crippen LogP contribution in [0, 0.1) is 5.82 Å². The number of benzene rings is 2. The average molecular weight is 367 g/mol. The molecule has 4 rings (SSSR count). The summed E-state index contributed by atoms with van der Waals surface area (Å²) in [4.78, 5) is 19.5. The van der Waals surface area contributed by atoms with Gasteiger partial charge in [-0.25, -0.2) is 4.39 Å². The van der Waals surface area contributed by atoms with Crippen LogP contribution >= 0.6 is 0 Å². The average Bonchev–Trinajstić information content (AvgIpc) is 2.69. The quantitative estimate of drug-likeness (QED) is 0.833. The molecule has 5 heteroatoms. The third-order valence-corrected chi connectivity index (χ3v) is 5.72. The maximum Gasteiger partial charge on any atom is 0.241 e. The van der Waals surface area contributed by atoms with Gasteiger partial charge in [0.1, 0.15) is 5.82 Å². The van der Waals surface area contributed by atoms with E-state index in [9.17, 15) is 9.18 Å². The van der Waals surface area contributed by atoms with Gasteiger partial charge in [0, 0.05) is 43.6 Å². The molecule has 1 fully saturated rings. The predicted octanol–water partition coefficient (Wildman–Crippen LogP) is 3.32. The molecular weight excluding hydrogens is 341 g/mol. The van der Waals surface area contributed by atoms with E-state index in [1.807, 2.05) is 29.2 Å². The van der Waals surface area contributed by atoms with Crippen molar-refractivity contribution < 1.29 is 9.18 Å². The lowest BCUT2D eigenvalue weighted by atomic mass is 9.96. The first-order valence-corrected chi connectivity index (χ1v) is 9.74. The molecule has 2 aliphatic heterocycles. The topological polar surface area (TPSA) is 26.8 Å². The Bertz CT molecular complexity index is 799. The third kappa shape index (κ3) is 3.83. The fourth-order valence-corrected chi connectivity index (χ4v) is 4.15. The lowest BCUT2D eigenvalue weighted by molar-refractivity contribution is -0.120. The molecule has 2 aromatic carbocycles. The van der Waals surface area contributed by atoms with E-state index in [-0.39, 0.29) is 17.8 Å². The molecule has 1 saturated heterocycles. The second-order valence-electron chi connectivity index (χ2n) is 7.52. The van der Waals surface area contributed by atoms with Crippen LogP contribution in [0.3, 0.4) is 0 Å². The lowest BCUT2D eigenvalue weighted by Crippen LogP contribution is -2.52. The molecule has 0 aliphatic carbocycles. The van der Waals surface area contributed by atoms with Gasteiger partial charge in [-0.2, -0.15) is 0 Å². The van der Waals surface area contributed by atoms with Gasteiger partial charge in [-0.3, -0.25) is 9.69 Å². The molecule has 0 aromatic heterocycles. The molecule has 0 radical (unpaired) electrons. The SMILES string of the molecule is CC1CCc2ccccc2N1C(=O)CN1CCN(c2ccc(F)cc2)CC1. The van der Waals surface area contributed by atoms with E-state index in [1.165, 1.54) is 17.7 Å². The fraction of sp³-hybridized carbons (Fsp3) is 0.409. The summed E-state index contributed by atoms with van der Waals surface area (Å²) in [5, 5.41) is 0. The lowest BCUT2D eigenvalue weighted by Gasteiger charge is -2.39. The van der Waals surface area contributed by atoms with Gasteiger partial charge in [0.25, 0.3) is 0 Å². The van der Waals surface area contributed by atoms with Crippen molar-refractivity contribution in [3.63, 3.8) is 0 Å². The smallest absolute Gasteiger partial charge is 0.241 e. The summed E-state index contributed by atoms with van der Waals surface area (Å²) < 4.78 is 13.1. The van der Waals surface area contributed by atoms with E-state index in [4.69, 9.17) is 0 Å². The Labute approximate surface area is 160 Å². The summed E-state index contributed by atoms with van der Waals surface area (Å²) in [5.41, 5.74) is 3.39. The third-order valence-electron chi connectivity index (χ3n) is 5.72. The molecule has 4 nitrogen and oxygen atoms in total. The van der Waals surface area contributed by atoms with Gasteiger partial charge in [0.2, 0.25) is 5.91 Å². The molecule has 2 heterocycles. The zero-order valence-electron chi connectivity index (χ0n) is 15.8. The Morgan fingerprint density at radius 2 is 1.74 bits per heavy atom.